The number of hydrogen-bond acceptors (Lipinski definition) is 6. The van der Waals surface area contributed by atoms with Crippen molar-refractivity contribution < 1.29 is 4.79 Å². The maximum atomic E-state index is 12.2. The van der Waals surface area contributed by atoms with Gasteiger partial charge in [0.1, 0.15) is 0 Å². The van der Waals surface area contributed by atoms with Crippen molar-refractivity contribution in [2.75, 3.05) is 0 Å². The van der Waals surface area contributed by atoms with E-state index in [0.717, 1.165) is 42.6 Å². The minimum atomic E-state index is 0.0816. The van der Waals surface area contributed by atoms with Crippen LogP contribution in [0.5, 0.6) is 0 Å². The van der Waals surface area contributed by atoms with Gasteiger partial charge >= 0.3 is 0 Å². The number of aromatic nitrogens is 6. The molecule has 0 bridgehead atoms. The highest BCUT2D eigenvalue weighted by atomic mass is 16.1. The molecule has 4 rings (SSSR count). The summed E-state index contributed by atoms with van der Waals surface area (Å²) in [5.41, 5.74) is 2.66. The van der Waals surface area contributed by atoms with Gasteiger partial charge in [-0.25, -0.2) is 0 Å². The summed E-state index contributed by atoms with van der Waals surface area (Å²) in [7, 11) is 0. The molecule has 8 heteroatoms. The van der Waals surface area contributed by atoms with Crippen molar-refractivity contribution in [2.24, 2.45) is 0 Å². The molecule has 3 heterocycles. The summed E-state index contributed by atoms with van der Waals surface area (Å²) in [4.78, 5) is 28.9. The van der Waals surface area contributed by atoms with Gasteiger partial charge < -0.3 is 5.32 Å². The van der Waals surface area contributed by atoms with Gasteiger partial charge in [-0.1, -0.05) is 0 Å². The SMILES string of the molecule is O=C(CCc1cnccn1)NC1CCC(n2cc(-c3cnccn3)cn2)CC1. The first kappa shape index (κ1) is 18.2. The van der Waals surface area contributed by atoms with Crippen LogP contribution in [0.1, 0.15) is 43.8 Å². The number of rotatable bonds is 6. The Morgan fingerprint density at radius 3 is 2.50 bits per heavy atom. The number of nitrogens with one attached hydrogen (secondary N) is 1. The van der Waals surface area contributed by atoms with Crippen LogP contribution >= 0.6 is 0 Å². The van der Waals surface area contributed by atoms with Gasteiger partial charge in [0.15, 0.2) is 0 Å². The molecule has 8 nitrogen and oxygen atoms in total. The smallest absolute Gasteiger partial charge is 0.220 e. The quantitative estimate of drug-likeness (QED) is 0.708. The molecule has 1 amide bonds. The lowest BCUT2D eigenvalue weighted by atomic mass is 9.91. The minimum Gasteiger partial charge on any atom is -0.353 e. The predicted octanol–water partition coefficient (Wildman–Crippen LogP) is 2.36. The van der Waals surface area contributed by atoms with E-state index in [0.29, 0.717) is 18.9 Å². The molecular formula is C20H23N7O. The van der Waals surface area contributed by atoms with E-state index in [2.05, 4.69) is 30.4 Å². The molecule has 0 radical (unpaired) electrons. The maximum absolute atomic E-state index is 12.2. The van der Waals surface area contributed by atoms with E-state index >= 15 is 0 Å². The second kappa shape index (κ2) is 8.69. The molecule has 0 aliphatic heterocycles. The van der Waals surface area contributed by atoms with Crippen molar-refractivity contribution in [3.8, 4) is 11.3 Å². The Morgan fingerprint density at radius 1 is 1.00 bits per heavy atom. The fourth-order valence-electron chi connectivity index (χ4n) is 3.60. The lowest BCUT2D eigenvalue weighted by molar-refractivity contribution is -0.122. The fraction of sp³-hybridized carbons (Fsp3) is 0.400. The van der Waals surface area contributed by atoms with Crippen LogP contribution in [0.4, 0.5) is 0 Å². The third-order valence-electron chi connectivity index (χ3n) is 5.12. The Labute approximate surface area is 163 Å². The van der Waals surface area contributed by atoms with Gasteiger partial charge in [-0.15, -0.1) is 0 Å². The molecule has 1 aliphatic rings. The number of hydrogen-bond donors (Lipinski definition) is 1. The van der Waals surface area contributed by atoms with Gasteiger partial charge in [0, 0.05) is 55.2 Å². The molecule has 1 aliphatic carbocycles. The molecule has 28 heavy (non-hydrogen) atoms. The van der Waals surface area contributed by atoms with E-state index in [1.54, 1.807) is 37.2 Å². The Morgan fingerprint density at radius 2 is 1.79 bits per heavy atom. The molecule has 144 valence electrons. The lowest BCUT2D eigenvalue weighted by Gasteiger charge is -2.29. The van der Waals surface area contributed by atoms with Gasteiger partial charge in [-0.05, 0) is 32.1 Å². The van der Waals surface area contributed by atoms with Crippen molar-refractivity contribution in [3.63, 3.8) is 0 Å². The standard InChI is InChI=1S/C20H23N7O/c28-20(6-3-17-12-21-7-9-23-17)26-16-1-4-18(5-2-16)27-14-15(11-25-27)19-13-22-8-10-24-19/h7-14,16,18H,1-6H2,(H,26,28). The van der Waals surface area contributed by atoms with E-state index in [4.69, 9.17) is 0 Å². The highest BCUT2D eigenvalue weighted by Crippen LogP contribution is 2.29. The van der Waals surface area contributed by atoms with Crippen LogP contribution in [0.2, 0.25) is 0 Å². The summed E-state index contributed by atoms with van der Waals surface area (Å²) >= 11 is 0. The summed E-state index contributed by atoms with van der Waals surface area (Å²) in [5, 5.41) is 7.67. The highest BCUT2D eigenvalue weighted by molar-refractivity contribution is 5.76. The molecule has 1 fully saturated rings. The number of aryl methyl sites for hydroxylation is 1. The Balaban J connectivity index is 1.24. The van der Waals surface area contributed by atoms with Crippen LogP contribution < -0.4 is 5.32 Å². The van der Waals surface area contributed by atoms with Crippen LogP contribution in [0.25, 0.3) is 11.3 Å². The molecule has 1 saturated carbocycles. The molecule has 1 N–H and O–H groups in total. The summed E-state index contributed by atoms with van der Waals surface area (Å²) < 4.78 is 2.02. The van der Waals surface area contributed by atoms with Crippen molar-refractivity contribution in [3.05, 3.63) is 55.3 Å². The average molecular weight is 377 g/mol. The molecule has 0 spiro atoms. The van der Waals surface area contributed by atoms with Gasteiger partial charge in [0.05, 0.1) is 29.8 Å². The Kier molecular flexibility index (Phi) is 5.65. The van der Waals surface area contributed by atoms with E-state index < -0.39 is 0 Å². The number of nitrogens with zero attached hydrogens (tertiary/aromatic N) is 6. The van der Waals surface area contributed by atoms with Gasteiger partial charge in [0.2, 0.25) is 5.91 Å². The second-order valence-corrected chi connectivity index (χ2v) is 7.07. The van der Waals surface area contributed by atoms with Crippen molar-refractivity contribution in [1.29, 1.82) is 0 Å². The zero-order valence-corrected chi connectivity index (χ0v) is 15.6. The first-order valence-corrected chi connectivity index (χ1v) is 9.63. The van der Waals surface area contributed by atoms with E-state index in [9.17, 15) is 4.79 Å². The third kappa shape index (κ3) is 4.57. The van der Waals surface area contributed by atoms with Crippen LogP contribution in [-0.4, -0.2) is 41.7 Å². The van der Waals surface area contributed by atoms with E-state index in [1.807, 2.05) is 17.1 Å². The minimum absolute atomic E-state index is 0.0816. The van der Waals surface area contributed by atoms with Gasteiger partial charge in [0.25, 0.3) is 0 Å². The molecule has 0 unspecified atom stereocenters. The maximum Gasteiger partial charge on any atom is 0.220 e. The van der Waals surface area contributed by atoms with Crippen molar-refractivity contribution in [2.45, 2.75) is 50.6 Å². The topological polar surface area (TPSA) is 98.5 Å². The molecular weight excluding hydrogens is 354 g/mol. The zero-order valence-electron chi connectivity index (χ0n) is 15.6. The van der Waals surface area contributed by atoms with E-state index in [1.165, 1.54) is 0 Å². The predicted molar refractivity (Wildman–Crippen MR) is 103 cm³/mol. The van der Waals surface area contributed by atoms with Crippen LogP contribution in [0, 0.1) is 0 Å². The molecule has 3 aromatic heterocycles. The fourth-order valence-corrected chi connectivity index (χ4v) is 3.60. The first-order chi connectivity index (χ1) is 13.8. The summed E-state index contributed by atoms with van der Waals surface area (Å²) in [6, 6.07) is 0.596. The first-order valence-electron chi connectivity index (χ1n) is 9.63. The van der Waals surface area contributed by atoms with Crippen molar-refractivity contribution >= 4 is 5.91 Å². The van der Waals surface area contributed by atoms with Crippen LogP contribution in [0.15, 0.2) is 49.6 Å². The van der Waals surface area contributed by atoms with Gasteiger partial charge in [-0.3, -0.25) is 29.4 Å². The van der Waals surface area contributed by atoms with Gasteiger partial charge in [-0.2, -0.15) is 5.10 Å². The summed E-state index contributed by atoms with van der Waals surface area (Å²) in [5.74, 6) is 0.0816. The van der Waals surface area contributed by atoms with E-state index in [-0.39, 0.29) is 11.9 Å². The summed E-state index contributed by atoms with van der Waals surface area (Å²) in [6.45, 7) is 0. The van der Waals surface area contributed by atoms with Crippen molar-refractivity contribution in [1.82, 2.24) is 35.0 Å². The molecule has 0 atom stereocenters. The van der Waals surface area contributed by atoms with Crippen LogP contribution in [0.3, 0.4) is 0 Å². The number of carbonyl (C=O) groups excluding carboxylic acids is 1. The largest absolute Gasteiger partial charge is 0.353 e. The molecule has 3 aromatic rings. The summed E-state index contributed by atoms with van der Waals surface area (Å²) in [6.07, 6.45) is 18.9. The number of amides is 1. The average Bonchev–Trinajstić information content (AvgIpc) is 3.25. The second-order valence-electron chi connectivity index (χ2n) is 7.07. The normalized spacial score (nSPS) is 19.3. The lowest BCUT2D eigenvalue weighted by Crippen LogP contribution is -2.38. The zero-order chi connectivity index (χ0) is 19.2. The monoisotopic (exact) mass is 377 g/mol. The third-order valence-corrected chi connectivity index (χ3v) is 5.12. The molecule has 0 aromatic carbocycles. The highest BCUT2D eigenvalue weighted by Gasteiger charge is 2.24. The molecule has 0 saturated heterocycles. The van der Waals surface area contributed by atoms with Crippen LogP contribution in [-0.2, 0) is 11.2 Å². The Bertz CT molecular complexity index is 889. The number of carbonyl (C=O) groups is 1. The Hall–Kier alpha value is -3.16.